The molecular formula is C18H25N3OS. The van der Waals surface area contributed by atoms with E-state index in [4.69, 9.17) is 0 Å². The molecule has 6 rings (SSSR count). The fourth-order valence-electron chi connectivity index (χ4n) is 5.88. The molecule has 0 aromatic carbocycles. The third kappa shape index (κ3) is 2.38. The molecule has 0 saturated heterocycles. The quantitative estimate of drug-likeness (QED) is 0.774. The summed E-state index contributed by atoms with van der Waals surface area (Å²) in [5.74, 6) is 5.32. The predicted octanol–water partition coefficient (Wildman–Crippen LogP) is 3.57. The van der Waals surface area contributed by atoms with Crippen LogP contribution in [0.3, 0.4) is 0 Å². The van der Waals surface area contributed by atoms with Crippen LogP contribution in [0.2, 0.25) is 0 Å². The topological polar surface area (TPSA) is 47.8 Å². The third-order valence-corrected chi connectivity index (χ3v) is 7.79. The van der Waals surface area contributed by atoms with Crippen LogP contribution in [0.4, 0.5) is 0 Å². The first kappa shape index (κ1) is 14.5. The molecule has 0 amide bonds. The van der Waals surface area contributed by atoms with Crippen molar-refractivity contribution in [2.24, 2.45) is 30.2 Å². The average molecular weight is 331 g/mol. The number of hydrogen-bond donors (Lipinski definition) is 0. The maximum Gasteiger partial charge on any atom is 0.191 e. The minimum absolute atomic E-state index is 0.0274. The van der Waals surface area contributed by atoms with E-state index >= 15 is 0 Å². The Morgan fingerprint density at radius 3 is 2.30 bits per heavy atom. The van der Waals surface area contributed by atoms with Gasteiger partial charge in [-0.25, -0.2) is 0 Å². The molecule has 1 aromatic rings. The number of aromatic nitrogens is 3. The van der Waals surface area contributed by atoms with Crippen molar-refractivity contribution in [1.29, 1.82) is 0 Å². The second-order valence-electron chi connectivity index (χ2n) is 8.58. The summed E-state index contributed by atoms with van der Waals surface area (Å²) in [6.07, 6.45) is 10.2. The largest absolute Gasteiger partial charge is 0.309 e. The Bertz CT molecular complexity index is 613. The van der Waals surface area contributed by atoms with Crippen molar-refractivity contribution in [2.45, 2.75) is 62.4 Å². The van der Waals surface area contributed by atoms with Gasteiger partial charge in [-0.3, -0.25) is 4.79 Å². The van der Waals surface area contributed by atoms with Gasteiger partial charge in [0.25, 0.3) is 0 Å². The van der Waals surface area contributed by atoms with Crippen LogP contribution in [0, 0.1) is 23.2 Å². The van der Waals surface area contributed by atoms with E-state index in [1.807, 2.05) is 7.05 Å². The summed E-state index contributed by atoms with van der Waals surface area (Å²) in [7, 11) is 2.05. The molecule has 1 heterocycles. The second-order valence-corrected chi connectivity index (χ2v) is 9.53. The Morgan fingerprint density at radius 1 is 1.13 bits per heavy atom. The van der Waals surface area contributed by atoms with E-state index in [1.54, 1.807) is 11.8 Å². The number of rotatable bonds is 5. The van der Waals surface area contributed by atoms with E-state index in [9.17, 15) is 4.79 Å². The molecule has 5 heteroatoms. The van der Waals surface area contributed by atoms with Crippen molar-refractivity contribution in [1.82, 2.24) is 14.8 Å². The Kier molecular flexibility index (Phi) is 3.20. The zero-order valence-electron chi connectivity index (χ0n) is 13.8. The monoisotopic (exact) mass is 331 g/mol. The zero-order chi connectivity index (χ0) is 15.6. The fraction of sp³-hybridized carbons (Fsp3) is 0.833. The molecule has 5 aliphatic carbocycles. The van der Waals surface area contributed by atoms with Gasteiger partial charge < -0.3 is 4.57 Å². The van der Waals surface area contributed by atoms with Crippen LogP contribution >= 0.6 is 11.8 Å². The van der Waals surface area contributed by atoms with Crippen molar-refractivity contribution in [2.75, 3.05) is 5.75 Å². The summed E-state index contributed by atoms with van der Waals surface area (Å²) in [6, 6.07) is 0. The number of carbonyl (C=O) groups excluding carboxylic acids is 1. The maximum absolute atomic E-state index is 13.1. The molecule has 0 unspecified atom stereocenters. The minimum Gasteiger partial charge on any atom is -0.309 e. The Morgan fingerprint density at radius 2 is 1.74 bits per heavy atom. The van der Waals surface area contributed by atoms with Gasteiger partial charge in [0.2, 0.25) is 0 Å². The summed E-state index contributed by atoms with van der Waals surface area (Å²) >= 11 is 1.61. The first-order valence-electron chi connectivity index (χ1n) is 9.18. The lowest BCUT2D eigenvalue weighted by atomic mass is 9.48. The SMILES string of the molecule is Cn1c(SCC(=O)C23CC4CC(CC(C4)C2)C3)nnc1C1CC1. The van der Waals surface area contributed by atoms with Crippen LogP contribution < -0.4 is 0 Å². The van der Waals surface area contributed by atoms with E-state index < -0.39 is 0 Å². The highest BCUT2D eigenvalue weighted by molar-refractivity contribution is 7.99. The van der Waals surface area contributed by atoms with Gasteiger partial charge in [-0.15, -0.1) is 10.2 Å². The van der Waals surface area contributed by atoms with Gasteiger partial charge in [0, 0.05) is 18.4 Å². The standard InChI is InChI=1S/C18H25N3OS/c1-21-16(14-2-3-14)19-20-17(21)23-10-15(22)18-7-11-4-12(8-18)6-13(5-11)9-18/h11-14H,2-10H2,1H3. The van der Waals surface area contributed by atoms with Gasteiger partial charge >= 0.3 is 0 Å². The number of nitrogens with zero attached hydrogens (tertiary/aromatic N) is 3. The van der Waals surface area contributed by atoms with Gasteiger partial charge in [-0.2, -0.15) is 0 Å². The number of ketones is 1. The molecule has 0 radical (unpaired) electrons. The number of Topliss-reactive ketones (excluding diaryl/α,β-unsaturated/α-hetero) is 1. The molecule has 5 aliphatic rings. The van der Waals surface area contributed by atoms with E-state index in [1.165, 1.54) is 51.4 Å². The van der Waals surface area contributed by atoms with Crippen molar-refractivity contribution >= 4 is 17.5 Å². The highest BCUT2D eigenvalue weighted by Crippen LogP contribution is 2.60. The molecule has 0 N–H and O–H groups in total. The van der Waals surface area contributed by atoms with Crippen molar-refractivity contribution in [3.8, 4) is 0 Å². The summed E-state index contributed by atoms with van der Waals surface area (Å²) in [5.41, 5.74) is 0.0274. The van der Waals surface area contributed by atoms with Gasteiger partial charge in [-0.1, -0.05) is 11.8 Å². The minimum atomic E-state index is 0.0274. The van der Waals surface area contributed by atoms with Crippen molar-refractivity contribution in [3.05, 3.63) is 5.82 Å². The molecular weight excluding hydrogens is 306 g/mol. The molecule has 1 aromatic heterocycles. The molecule has 4 bridgehead atoms. The smallest absolute Gasteiger partial charge is 0.191 e. The lowest BCUT2D eigenvalue weighted by Gasteiger charge is -2.56. The van der Waals surface area contributed by atoms with E-state index in [2.05, 4.69) is 14.8 Å². The molecule has 5 saturated carbocycles. The fourth-order valence-corrected chi connectivity index (χ4v) is 6.84. The molecule has 5 fully saturated rings. The van der Waals surface area contributed by atoms with Gasteiger partial charge in [0.15, 0.2) is 5.16 Å². The van der Waals surface area contributed by atoms with Gasteiger partial charge in [0.05, 0.1) is 5.75 Å². The van der Waals surface area contributed by atoms with Crippen LogP contribution in [-0.4, -0.2) is 26.3 Å². The zero-order valence-corrected chi connectivity index (χ0v) is 14.6. The summed E-state index contributed by atoms with van der Waals surface area (Å²) in [6.45, 7) is 0. The van der Waals surface area contributed by atoms with Gasteiger partial charge in [-0.05, 0) is 69.1 Å². The Balaban J connectivity index is 1.28. The number of thioether (sulfide) groups is 1. The molecule has 0 aliphatic heterocycles. The predicted molar refractivity (Wildman–Crippen MR) is 89.3 cm³/mol. The van der Waals surface area contributed by atoms with Crippen molar-refractivity contribution < 1.29 is 4.79 Å². The summed E-state index contributed by atoms with van der Waals surface area (Å²) in [5, 5.41) is 9.57. The Hall–Kier alpha value is -0.840. The molecule has 4 nitrogen and oxygen atoms in total. The second kappa shape index (κ2) is 5.08. The molecule has 0 spiro atoms. The van der Waals surface area contributed by atoms with E-state index in [-0.39, 0.29) is 5.41 Å². The highest BCUT2D eigenvalue weighted by Gasteiger charge is 2.54. The van der Waals surface area contributed by atoms with Crippen LogP contribution in [-0.2, 0) is 11.8 Å². The first-order chi connectivity index (χ1) is 11.1. The molecule has 23 heavy (non-hydrogen) atoms. The first-order valence-corrected chi connectivity index (χ1v) is 10.2. The average Bonchev–Trinajstić information content (AvgIpc) is 3.28. The lowest BCUT2D eigenvalue weighted by molar-refractivity contribution is -0.141. The van der Waals surface area contributed by atoms with Crippen LogP contribution in [0.1, 0.15) is 63.1 Å². The maximum atomic E-state index is 13.1. The van der Waals surface area contributed by atoms with E-state index in [0.717, 1.165) is 28.7 Å². The third-order valence-electron chi connectivity index (χ3n) is 6.77. The summed E-state index contributed by atoms with van der Waals surface area (Å²) < 4.78 is 2.11. The van der Waals surface area contributed by atoms with E-state index in [0.29, 0.717) is 17.5 Å². The molecule has 124 valence electrons. The van der Waals surface area contributed by atoms with Crippen LogP contribution in [0.15, 0.2) is 5.16 Å². The lowest BCUT2D eigenvalue weighted by Crippen LogP contribution is -2.50. The number of carbonyl (C=O) groups is 1. The van der Waals surface area contributed by atoms with Gasteiger partial charge in [0.1, 0.15) is 11.6 Å². The molecule has 0 atom stereocenters. The van der Waals surface area contributed by atoms with Crippen LogP contribution in [0.5, 0.6) is 0 Å². The highest BCUT2D eigenvalue weighted by atomic mass is 32.2. The normalized spacial score (nSPS) is 38.2. The Labute approximate surface area is 141 Å². The van der Waals surface area contributed by atoms with Crippen LogP contribution in [0.25, 0.3) is 0 Å². The van der Waals surface area contributed by atoms with Crippen molar-refractivity contribution in [3.63, 3.8) is 0 Å². The summed E-state index contributed by atoms with van der Waals surface area (Å²) in [4.78, 5) is 13.1. The number of hydrogen-bond acceptors (Lipinski definition) is 4.